The minimum atomic E-state index is -0.308. The van der Waals surface area contributed by atoms with Crippen molar-refractivity contribution >= 4 is 34.9 Å². The lowest BCUT2D eigenvalue weighted by molar-refractivity contribution is 0.475. The first-order valence-electron chi connectivity index (χ1n) is 7.76. The number of pyridine rings is 1. The molecular weight excluding hydrogens is 372 g/mol. The maximum absolute atomic E-state index is 14.4. The molecule has 4 aromatic rings. The Balaban J connectivity index is 0.00000196. The van der Waals surface area contributed by atoms with Gasteiger partial charge in [-0.3, -0.25) is 0 Å². The van der Waals surface area contributed by atoms with E-state index in [4.69, 9.17) is 11.6 Å². The molecule has 26 heavy (non-hydrogen) atoms. The molecule has 0 unspecified atom stereocenters. The number of aromatic hydroxyl groups is 1. The fourth-order valence-electron chi connectivity index (χ4n) is 2.91. The zero-order valence-corrected chi connectivity index (χ0v) is 15.1. The van der Waals surface area contributed by atoms with E-state index >= 15 is 0 Å². The highest BCUT2D eigenvalue weighted by atomic mass is 35.5. The summed E-state index contributed by atoms with van der Waals surface area (Å²) >= 11 is 6.14. The Labute approximate surface area is 161 Å². The van der Waals surface area contributed by atoms with E-state index in [1.165, 1.54) is 6.07 Å². The van der Waals surface area contributed by atoms with Crippen LogP contribution in [0.3, 0.4) is 0 Å². The predicted octanol–water partition coefficient (Wildman–Crippen LogP) is 6.49. The van der Waals surface area contributed by atoms with Gasteiger partial charge in [0.05, 0.1) is 11.2 Å². The van der Waals surface area contributed by atoms with Crippen molar-refractivity contribution < 1.29 is 9.50 Å². The van der Waals surface area contributed by atoms with Gasteiger partial charge in [0.1, 0.15) is 11.6 Å². The summed E-state index contributed by atoms with van der Waals surface area (Å²) in [7, 11) is 0. The average Bonchev–Trinajstić information content (AvgIpc) is 2.61. The van der Waals surface area contributed by atoms with Crippen LogP contribution in [0.2, 0.25) is 5.02 Å². The summed E-state index contributed by atoms with van der Waals surface area (Å²) in [5, 5.41) is 11.1. The molecule has 0 aliphatic heterocycles. The van der Waals surface area contributed by atoms with E-state index in [9.17, 15) is 9.50 Å². The van der Waals surface area contributed by atoms with Crippen LogP contribution in [0.4, 0.5) is 4.39 Å². The minimum absolute atomic E-state index is 0. The third-order valence-electron chi connectivity index (χ3n) is 4.08. The molecule has 0 bridgehead atoms. The van der Waals surface area contributed by atoms with E-state index in [1.54, 1.807) is 48.5 Å². The van der Waals surface area contributed by atoms with Crippen LogP contribution in [0, 0.1) is 5.82 Å². The molecule has 0 fully saturated rings. The van der Waals surface area contributed by atoms with Gasteiger partial charge in [0.15, 0.2) is 0 Å². The smallest absolute Gasteiger partial charge is 0.131 e. The van der Waals surface area contributed by atoms with E-state index < -0.39 is 0 Å². The molecule has 3 aromatic carbocycles. The molecule has 0 amide bonds. The Morgan fingerprint density at radius 2 is 1.65 bits per heavy atom. The molecule has 0 saturated carbocycles. The van der Waals surface area contributed by atoms with Gasteiger partial charge in [-0.2, -0.15) is 0 Å². The van der Waals surface area contributed by atoms with E-state index in [-0.39, 0.29) is 24.0 Å². The molecule has 0 spiro atoms. The fourth-order valence-corrected chi connectivity index (χ4v) is 3.09. The van der Waals surface area contributed by atoms with Crippen LogP contribution in [-0.2, 0) is 0 Å². The number of hydrogen-bond donors (Lipinski definition) is 1. The Morgan fingerprint density at radius 1 is 0.846 bits per heavy atom. The van der Waals surface area contributed by atoms with Crippen LogP contribution < -0.4 is 0 Å². The van der Waals surface area contributed by atoms with Crippen molar-refractivity contribution in [1.29, 1.82) is 0 Å². The molecule has 4 rings (SSSR count). The lowest BCUT2D eigenvalue weighted by atomic mass is 9.98. The van der Waals surface area contributed by atoms with Crippen LogP contribution in [-0.4, -0.2) is 10.1 Å². The van der Waals surface area contributed by atoms with Crippen LogP contribution in [0.1, 0.15) is 0 Å². The summed E-state index contributed by atoms with van der Waals surface area (Å²) in [4.78, 5) is 4.65. The Bertz CT molecular complexity index is 1100. The molecule has 0 radical (unpaired) electrons. The normalized spacial score (nSPS) is 10.5. The zero-order valence-electron chi connectivity index (χ0n) is 13.5. The zero-order chi connectivity index (χ0) is 17.4. The van der Waals surface area contributed by atoms with Crippen molar-refractivity contribution in [3.05, 3.63) is 83.6 Å². The second-order valence-electron chi connectivity index (χ2n) is 5.75. The second-order valence-corrected chi connectivity index (χ2v) is 6.18. The monoisotopic (exact) mass is 385 g/mol. The summed E-state index contributed by atoms with van der Waals surface area (Å²) in [6, 6.07) is 20.6. The van der Waals surface area contributed by atoms with Crippen LogP contribution >= 0.6 is 24.0 Å². The summed E-state index contributed by atoms with van der Waals surface area (Å²) in [6.07, 6.45) is 0. The number of halogens is 3. The molecule has 0 aliphatic carbocycles. The number of hydrogen-bond acceptors (Lipinski definition) is 2. The van der Waals surface area contributed by atoms with Crippen molar-refractivity contribution in [2.24, 2.45) is 0 Å². The first-order chi connectivity index (χ1) is 12.1. The molecule has 0 saturated heterocycles. The van der Waals surface area contributed by atoms with Gasteiger partial charge in [-0.1, -0.05) is 41.9 Å². The molecule has 5 heteroatoms. The van der Waals surface area contributed by atoms with Crippen LogP contribution in [0.15, 0.2) is 72.8 Å². The summed E-state index contributed by atoms with van der Waals surface area (Å²) in [5.74, 6) is -0.153. The lowest BCUT2D eigenvalue weighted by Gasteiger charge is -2.11. The number of fused-ring (bicyclic) bond motifs is 1. The third kappa shape index (κ3) is 3.36. The van der Waals surface area contributed by atoms with Gasteiger partial charge >= 0.3 is 0 Å². The van der Waals surface area contributed by atoms with Gasteiger partial charge in [0.2, 0.25) is 0 Å². The highest BCUT2D eigenvalue weighted by Gasteiger charge is 2.13. The largest absolute Gasteiger partial charge is 0.508 e. The van der Waals surface area contributed by atoms with Gasteiger partial charge < -0.3 is 5.11 Å². The molecule has 1 heterocycles. The molecule has 130 valence electrons. The summed E-state index contributed by atoms with van der Waals surface area (Å²) < 4.78 is 14.4. The fraction of sp³-hybridized carbons (Fsp3) is 0. The quantitative estimate of drug-likeness (QED) is 0.427. The first-order valence-corrected chi connectivity index (χ1v) is 8.14. The second kappa shape index (κ2) is 7.32. The van der Waals surface area contributed by atoms with Crippen molar-refractivity contribution in [2.75, 3.05) is 0 Å². The number of phenolic OH excluding ortho intramolecular Hbond substituents is 1. The van der Waals surface area contributed by atoms with E-state index in [2.05, 4.69) is 4.98 Å². The molecule has 0 atom stereocenters. The van der Waals surface area contributed by atoms with Crippen molar-refractivity contribution in [3.8, 4) is 28.1 Å². The molecular formula is C21H14Cl2FNO. The molecule has 2 nitrogen and oxygen atoms in total. The minimum Gasteiger partial charge on any atom is -0.508 e. The number of benzene rings is 3. The predicted molar refractivity (Wildman–Crippen MR) is 106 cm³/mol. The van der Waals surface area contributed by atoms with Crippen LogP contribution in [0.25, 0.3) is 33.3 Å². The number of nitrogens with zero attached hydrogens (tertiary/aromatic N) is 1. The van der Waals surface area contributed by atoms with Gasteiger partial charge in [-0.15, -0.1) is 12.4 Å². The summed E-state index contributed by atoms with van der Waals surface area (Å²) in [5.41, 5.74) is 3.32. The molecule has 1 aromatic heterocycles. The number of phenols is 1. The maximum Gasteiger partial charge on any atom is 0.131 e. The van der Waals surface area contributed by atoms with Gasteiger partial charge in [0, 0.05) is 21.5 Å². The van der Waals surface area contributed by atoms with E-state index in [0.717, 1.165) is 10.9 Å². The Kier molecular flexibility index (Phi) is 5.12. The molecule has 0 aliphatic rings. The maximum atomic E-state index is 14.4. The van der Waals surface area contributed by atoms with Crippen molar-refractivity contribution in [1.82, 2.24) is 4.98 Å². The number of aromatic nitrogens is 1. The topological polar surface area (TPSA) is 33.1 Å². The third-order valence-corrected chi connectivity index (χ3v) is 4.31. The van der Waals surface area contributed by atoms with Crippen molar-refractivity contribution in [2.45, 2.75) is 0 Å². The summed E-state index contributed by atoms with van der Waals surface area (Å²) in [6.45, 7) is 0. The van der Waals surface area contributed by atoms with Gasteiger partial charge in [-0.05, 0) is 48.0 Å². The van der Waals surface area contributed by atoms with Crippen molar-refractivity contribution in [3.63, 3.8) is 0 Å². The SMILES string of the molecule is Cl.Oc1cccc(-c2cc(-c3ccccc3F)c3cc(Cl)ccc3n2)c1. The Morgan fingerprint density at radius 3 is 2.42 bits per heavy atom. The Hall–Kier alpha value is -2.62. The van der Waals surface area contributed by atoms with Gasteiger partial charge in [-0.25, -0.2) is 9.37 Å². The van der Waals surface area contributed by atoms with E-state index in [0.29, 0.717) is 27.4 Å². The lowest BCUT2D eigenvalue weighted by Crippen LogP contribution is -1.92. The van der Waals surface area contributed by atoms with E-state index in [1.807, 2.05) is 18.2 Å². The van der Waals surface area contributed by atoms with Gasteiger partial charge in [0.25, 0.3) is 0 Å². The first kappa shape index (κ1) is 18.2. The number of rotatable bonds is 2. The highest BCUT2D eigenvalue weighted by Crippen LogP contribution is 2.35. The molecule has 1 N–H and O–H groups in total. The standard InChI is InChI=1S/C21H13ClFNO.ClH/c22-14-8-9-20-18(11-14)17(16-6-1-2-7-19(16)23)12-21(24-20)13-4-3-5-15(25)10-13;/h1-12,25H;1H. The van der Waals surface area contributed by atoms with Crippen LogP contribution in [0.5, 0.6) is 5.75 Å². The average molecular weight is 386 g/mol. The highest BCUT2D eigenvalue weighted by molar-refractivity contribution is 6.31.